The first-order valence-electron chi connectivity index (χ1n) is 8.38. The Bertz CT molecular complexity index is 714. The van der Waals surface area contributed by atoms with Crippen molar-refractivity contribution in [3.8, 4) is 0 Å². The Balaban J connectivity index is 0.000000345. The highest BCUT2D eigenvalue weighted by molar-refractivity contribution is 5.84. The standard InChI is InChI=1S/C15H19N3O3.C2HF3O2/c1-21-10-14(19)17-7-12-8-18(15(20)13(12)9-17)6-11-2-4-16-5-3-11;3-2(4,5)1(6)7/h2-5,12-13H,6-10H2,1H3;(H,6,7)/t12-,13-;/m1./s1. The number of amides is 2. The van der Waals surface area contributed by atoms with Crippen LogP contribution in [0.5, 0.6) is 0 Å². The maximum atomic E-state index is 12.5. The number of halogens is 3. The second kappa shape index (κ2) is 9.00. The molecule has 2 fully saturated rings. The normalized spacial score (nSPS) is 21.2. The molecule has 0 aliphatic carbocycles. The molecule has 0 aromatic carbocycles. The van der Waals surface area contributed by atoms with Crippen molar-refractivity contribution < 1.29 is 37.4 Å². The van der Waals surface area contributed by atoms with E-state index in [2.05, 4.69) is 4.98 Å². The molecule has 2 atom stereocenters. The van der Waals surface area contributed by atoms with Crippen molar-refractivity contribution in [2.75, 3.05) is 33.4 Å². The highest BCUT2D eigenvalue weighted by Gasteiger charge is 2.47. The highest BCUT2D eigenvalue weighted by atomic mass is 19.4. The SMILES string of the molecule is COCC(=O)N1C[C@@H]2CN(Cc3ccncc3)C(=O)[C@@H]2C1.O=C(O)C(F)(F)F. The first-order chi connectivity index (χ1) is 13.1. The van der Waals surface area contributed by atoms with E-state index in [4.69, 9.17) is 14.6 Å². The molecule has 0 radical (unpaired) electrons. The van der Waals surface area contributed by atoms with E-state index in [1.807, 2.05) is 17.0 Å². The van der Waals surface area contributed by atoms with Crippen molar-refractivity contribution in [1.82, 2.24) is 14.8 Å². The molecule has 154 valence electrons. The van der Waals surface area contributed by atoms with Gasteiger partial charge in [0.05, 0.1) is 5.92 Å². The molecule has 0 unspecified atom stereocenters. The van der Waals surface area contributed by atoms with Crippen LogP contribution in [-0.4, -0.2) is 77.2 Å². The second-order valence-electron chi connectivity index (χ2n) is 6.48. The molecule has 3 heterocycles. The van der Waals surface area contributed by atoms with Crippen LogP contribution in [-0.2, 0) is 25.7 Å². The quantitative estimate of drug-likeness (QED) is 0.798. The molecule has 2 aliphatic heterocycles. The monoisotopic (exact) mass is 403 g/mol. The van der Waals surface area contributed by atoms with Gasteiger partial charge >= 0.3 is 12.1 Å². The lowest BCUT2D eigenvalue weighted by Gasteiger charge is -2.21. The molecular weight excluding hydrogens is 383 g/mol. The number of fused-ring (bicyclic) bond motifs is 1. The highest BCUT2D eigenvalue weighted by Crippen LogP contribution is 2.33. The van der Waals surface area contributed by atoms with Gasteiger partial charge in [-0.15, -0.1) is 0 Å². The zero-order valence-electron chi connectivity index (χ0n) is 15.1. The third-order valence-electron chi connectivity index (χ3n) is 4.51. The number of hydrogen-bond donors (Lipinski definition) is 1. The van der Waals surface area contributed by atoms with Gasteiger partial charge in [-0.3, -0.25) is 14.6 Å². The van der Waals surface area contributed by atoms with Crippen molar-refractivity contribution in [2.45, 2.75) is 12.7 Å². The molecule has 1 N–H and O–H groups in total. The minimum absolute atomic E-state index is 0.0274. The van der Waals surface area contributed by atoms with E-state index < -0.39 is 12.1 Å². The predicted octanol–water partition coefficient (Wildman–Crippen LogP) is 0.778. The summed E-state index contributed by atoms with van der Waals surface area (Å²) in [6.45, 7) is 2.63. The number of hydrogen-bond acceptors (Lipinski definition) is 5. The van der Waals surface area contributed by atoms with Gasteiger partial charge in [-0.25, -0.2) is 4.79 Å². The number of likely N-dealkylation sites (tertiary alicyclic amines) is 2. The van der Waals surface area contributed by atoms with E-state index in [0.29, 0.717) is 19.6 Å². The molecule has 8 nitrogen and oxygen atoms in total. The summed E-state index contributed by atoms with van der Waals surface area (Å²) >= 11 is 0. The number of carbonyl (C=O) groups excluding carboxylic acids is 2. The van der Waals surface area contributed by atoms with Crippen molar-refractivity contribution in [2.24, 2.45) is 11.8 Å². The minimum atomic E-state index is -5.08. The Morgan fingerprint density at radius 3 is 2.36 bits per heavy atom. The molecule has 1 aromatic rings. The second-order valence-corrected chi connectivity index (χ2v) is 6.48. The molecule has 0 saturated carbocycles. The van der Waals surface area contributed by atoms with Crippen LogP contribution in [0, 0.1) is 11.8 Å². The van der Waals surface area contributed by atoms with Crippen LogP contribution < -0.4 is 0 Å². The summed E-state index contributed by atoms with van der Waals surface area (Å²) in [5.74, 6) is -2.43. The van der Waals surface area contributed by atoms with Crippen molar-refractivity contribution >= 4 is 17.8 Å². The largest absolute Gasteiger partial charge is 0.490 e. The van der Waals surface area contributed by atoms with Crippen LogP contribution in [0.15, 0.2) is 24.5 Å². The number of aromatic nitrogens is 1. The predicted molar refractivity (Wildman–Crippen MR) is 88.8 cm³/mol. The summed E-state index contributed by atoms with van der Waals surface area (Å²) in [6, 6.07) is 3.85. The Morgan fingerprint density at radius 1 is 1.25 bits per heavy atom. The number of pyridine rings is 1. The lowest BCUT2D eigenvalue weighted by Crippen LogP contribution is -2.36. The van der Waals surface area contributed by atoms with Crippen LogP contribution in [0.25, 0.3) is 0 Å². The Hall–Kier alpha value is -2.69. The number of carboxylic acids is 1. The van der Waals surface area contributed by atoms with Crippen molar-refractivity contribution in [3.63, 3.8) is 0 Å². The van der Waals surface area contributed by atoms with Crippen LogP contribution in [0.2, 0.25) is 0 Å². The number of aliphatic carboxylic acids is 1. The lowest BCUT2D eigenvalue weighted by molar-refractivity contribution is -0.192. The number of carbonyl (C=O) groups is 3. The lowest BCUT2D eigenvalue weighted by atomic mass is 10.0. The van der Waals surface area contributed by atoms with Gasteiger partial charge in [0.1, 0.15) is 6.61 Å². The average Bonchev–Trinajstić information content (AvgIpc) is 3.16. The van der Waals surface area contributed by atoms with Crippen molar-refractivity contribution in [3.05, 3.63) is 30.1 Å². The zero-order chi connectivity index (χ0) is 20.9. The molecule has 0 bridgehead atoms. The summed E-state index contributed by atoms with van der Waals surface area (Å²) in [4.78, 5) is 40.8. The van der Waals surface area contributed by atoms with Gasteiger partial charge in [0.25, 0.3) is 0 Å². The molecule has 0 spiro atoms. The summed E-state index contributed by atoms with van der Waals surface area (Å²) < 4.78 is 36.6. The molecule has 28 heavy (non-hydrogen) atoms. The van der Waals surface area contributed by atoms with Gasteiger partial charge in [0.15, 0.2) is 0 Å². The van der Waals surface area contributed by atoms with Crippen LogP contribution in [0.4, 0.5) is 13.2 Å². The zero-order valence-corrected chi connectivity index (χ0v) is 15.1. The third-order valence-corrected chi connectivity index (χ3v) is 4.51. The fourth-order valence-corrected chi connectivity index (χ4v) is 3.21. The van der Waals surface area contributed by atoms with Gasteiger partial charge in [0.2, 0.25) is 11.8 Å². The molecule has 3 rings (SSSR count). The smallest absolute Gasteiger partial charge is 0.475 e. The summed E-state index contributed by atoms with van der Waals surface area (Å²) in [6.07, 6.45) is -1.61. The van der Waals surface area contributed by atoms with Gasteiger partial charge in [0, 0.05) is 51.6 Å². The van der Waals surface area contributed by atoms with Crippen LogP contribution >= 0.6 is 0 Å². The summed E-state index contributed by atoms with van der Waals surface area (Å²) in [7, 11) is 1.51. The van der Waals surface area contributed by atoms with E-state index in [9.17, 15) is 22.8 Å². The Labute approximate surface area is 158 Å². The van der Waals surface area contributed by atoms with Gasteiger partial charge in [-0.05, 0) is 17.7 Å². The Morgan fingerprint density at radius 2 is 1.86 bits per heavy atom. The van der Waals surface area contributed by atoms with E-state index in [1.54, 1.807) is 17.3 Å². The average molecular weight is 403 g/mol. The van der Waals surface area contributed by atoms with Gasteiger partial charge < -0.3 is 19.6 Å². The molecule has 2 saturated heterocycles. The fraction of sp³-hybridized carbons (Fsp3) is 0.529. The fourth-order valence-electron chi connectivity index (χ4n) is 3.21. The maximum absolute atomic E-state index is 12.5. The Kier molecular flexibility index (Phi) is 6.95. The molecule has 2 amide bonds. The summed E-state index contributed by atoms with van der Waals surface area (Å²) in [5.41, 5.74) is 1.09. The first-order valence-corrected chi connectivity index (χ1v) is 8.38. The number of methoxy groups -OCH3 is 1. The summed E-state index contributed by atoms with van der Waals surface area (Å²) in [5, 5.41) is 7.12. The van der Waals surface area contributed by atoms with Crippen LogP contribution in [0.1, 0.15) is 5.56 Å². The topological polar surface area (TPSA) is 100 Å². The van der Waals surface area contributed by atoms with Crippen LogP contribution in [0.3, 0.4) is 0 Å². The van der Waals surface area contributed by atoms with E-state index in [-0.39, 0.29) is 30.3 Å². The minimum Gasteiger partial charge on any atom is -0.475 e. The molecule has 1 aromatic heterocycles. The molecule has 2 aliphatic rings. The van der Waals surface area contributed by atoms with Gasteiger partial charge in [-0.1, -0.05) is 0 Å². The van der Waals surface area contributed by atoms with E-state index in [1.165, 1.54) is 7.11 Å². The molecular formula is C17H20F3N3O5. The van der Waals surface area contributed by atoms with E-state index in [0.717, 1.165) is 12.1 Å². The third kappa shape index (κ3) is 5.41. The van der Waals surface area contributed by atoms with Crippen molar-refractivity contribution in [1.29, 1.82) is 0 Å². The number of nitrogens with zero attached hydrogens (tertiary/aromatic N) is 3. The maximum Gasteiger partial charge on any atom is 0.490 e. The number of alkyl halides is 3. The van der Waals surface area contributed by atoms with Gasteiger partial charge in [-0.2, -0.15) is 13.2 Å². The number of carboxylic acid groups (broad SMARTS) is 1. The number of rotatable bonds is 4. The first kappa shape index (κ1) is 21.6. The molecule has 11 heteroatoms. The number of ether oxygens (including phenoxy) is 1. The van der Waals surface area contributed by atoms with E-state index >= 15 is 0 Å².